The number of methoxy groups -OCH3 is 1. The monoisotopic (exact) mass is 598 g/mol. The highest BCUT2D eigenvalue weighted by Gasteiger charge is 2.43. The number of nitrogens with zero attached hydrogens (tertiary/aromatic N) is 2. The lowest BCUT2D eigenvalue weighted by Crippen LogP contribution is -2.55. The normalized spacial score (nSPS) is 20.5. The molecule has 4 rings (SSSR count). The molecule has 0 saturated carbocycles. The van der Waals surface area contributed by atoms with Crippen LogP contribution in [0.15, 0.2) is 36.5 Å². The van der Waals surface area contributed by atoms with Crippen molar-refractivity contribution >= 4 is 29.2 Å². The largest absolute Gasteiger partial charge is 0.487 e. The van der Waals surface area contributed by atoms with Gasteiger partial charge in [0.15, 0.2) is 17.1 Å². The van der Waals surface area contributed by atoms with Crippen LogP contribution in [0.25, 0.3) is 0 Å². The van der Waals surface area contributed by atoms with E-state index >= 15 is 0 Å². The Morgan fingerprint density at radius 1 is 1.07 bits per heavy atom. The molecule has 13 heteroatoms. The van der Waals surface area contributed by atoms with Crippen molar-refractivity contribution < 1.29 is 37.0 Å². The van der Waals surface area contributed by atoms with Crippen molar-refractivity contribution in [1.82, 2.24) is 15.6 Å². The van der Waals surface area contributed by atoms with Crippen LogP contribution >= 0.6 is 11.6 Å². The van der Waals surface area contributed by atoms with Gasteiger partial charge in [-0.3, -0.25) is 9.59 Å². The number of nitrogens with one attached hydrogen (secondary N) is 2. The predicted octanol–water partition coefficient (Wildman–Crippen LogP) is 4.53. The number of carbonyl (C=O) groups is 2. The molecule has 0 spiro atoms. The van der Waals surface area contributed by atoms with Gasteiger partial charge in [0.05, 0.1) is 12.2 Å². The number of alkyl halides is 3. The van der Waals surface area contributed by atoms with Crippen molar-refractivity contribution in [3.05, 3.63) is 47.1 Å². The molecule has 2 atom stereocenters. The highest BCUT2D eigenvalue weighted by Crippen LogP contribution is 2.39. The van der Waals surface area contributed by atoms with Gasteiger partial charge in [0.1, 0.15) is 19.0 Å². The van der Waals surface area contributed by atoms with Crippen LogP contribution in [0.4, 0.5) is 19.0 Å². The Hall–Kier alpha value is -3.25. The molecule has 2 aliphatic rings. The van der Waals surface area contributed by atoms with Crippen molar-refractivity contribution in [2.75, 3.05) is 31.8 Å². The number of piperidine rings is 1. The first-order chi connectivity index (χ1) is 19.4. The third-order valence-electron chi connectivity index (χ3n) is 7.16. The third-order valence-corrected chi connectivity index (χ3v) is 7.39. The van der Waals surface area contributed by atoms with E-state index in [1.807, 2.05) is 5.32 Å². The molecule has 0 aliphatic carbocycles. The van der Waals surface area contributed by atoms with E-state index in [1.54, 1.807) is 45.2 Å². The van der Waals surface area contributed by atoms with Gasteiger partial charge in [0.2, 0.25) is 0 Å². The van der Waals surface area contributed by atoms with Crippen LogP contribution < -0.4 is 25.0 Å². The fourth-order valence-electron chi connectivity index (χ4n) is 5.22. The van der Waals surface area contributed by atoms with E-state index in [4.69, 9.17) is 25.8 Å². The SMILES string of the molecule is COCCOc1cc(Cl)ccc1OC(C)(C)C(=O)NC1CC2CCC(C1)N2c1ccc(C(=O)NCC(F)(F)F)cn1. The Morgan fingerprint density at radius 3 is 2.39 bits per heavy atom. The minimum Gasteiger partial charge on any atom is -0.487 e. The highest BCUT2D eigenvalue weighted by molar-refractivity contribution is 6.30. The number of hydrogen-bond acceptors (Lipinski definition) is 7. The van der Waals surface area contributed by atoms with Gasteiger partial charge in [-0.15, -0.1) is 0 Å². The van der Waals surface area contributed by atoms with Gasteiger partial charge in [-0.2, -0.15) is 13.2 Å². The smallest absolute Gasteiger partial charge is 0.405 e. The van der Waals surface area contributed by atoms with E-state index in [1.165, 1.54) is 12.3 Å². The molecule has 41 heavy (non-hydrogen) atoms. The second kappa shape index (κ2) is 12.7. The van der Waals surface area contributed by atoms with Gasteiger partial charge in [0.25, 0.3) is 11.8 Å². The van der Waals surface area contributed by atoms with Crippen LogP contribution in [0.1, 0.15) is 49.9 Å². The van der Waals surface area contributed by atoms with Crippen LogP contribution in [-0.2, 0) is 9.53 Å². The lowest BCUT2D eigenvalue weighted by Gasteiger charge is -2.40. The summed E-state index contributed by atoms with van der Waals surface area (Å²) in [5.41, 5.74) is -1.14. The summed E-state index contributed by atoms with van der Waals surface area (Å²) in [6, 6.07) is 8.26. The average Bonchev–Trinajstić information content (AvgIpc) is 3.18. The molecular formula is C28H34ClF3N4O5. The number of rotatable bonds is 11. The number of halogens is 4. The molecule has 2 bridgehead atoms. The van der Waals surface area contributed by atoms with Gasteiger partial charge in [-0.1, -0.05) is 11.6 Å². The Kier molecular flexibility index (Phi) is 9.53. The predicted molar refractivity (Wildman–Crippen MR) is 147 cm³/mol. The van der Waals surface area contributed by atoms with Gasteiger partial charge < -0.3 is 29.7 Å². The van der Waals surface area contributed by atoms with Crippen molar-refractivity contribution in [2.45, 2.75) is 69.4 Å². The van der Waals surface area contributed by atoms with Crippen molar-refractivity contribution in [2.24, 2.45) is 0 Å². The summed E-state index contributed by atoms with van der Waals surface area (Å²) >= 11 is 6.12. The lowest BCUT2D eigenvalue weighted by atomic mass is 9.96. The van der Waals surface area contributed by atoms with Crippen molar-refractivity contribution in [3.63, 3.8) is 0 Å². The maximum atomic E-state index is 13.3. The van der Waals surface area contributed by atoms with E-state index in [9.17, 15) is 22.8 Å². The average molecular weight is 599 g/mol. The molecule has 1 aromatic heterocycles. The topological polar surface area (TPSA) is 102 Å². The fourth-order valence-corrected chi connectivity index (χ4v) is 5.38. The Labute approximate surface area is 241 Å². The zero-order chi connectivity index (χ0) is 29.8. The molecule has 9 nitrogen and oxygen atoms in total. The summed E-state index contributed by atoms with van der Waals surface area (Å²) in [5, 5.41) is 5.47. The van der Waals surface area contributed by atoms with Crippen LogP contribution in [-0.4, -0.2) is 73.6 Å². The molecule has 2 unspecified atom stereocenters. The molecular weight excluding hydrogens is 565 g/mol. The molecule has 224 valence electrons. The molecule has 3 heterocycles. The number of pyridine rings is 1. The Balaban J connectivity index is 1.35. The second-order valence-corrected chi connectivity index (χ2v) is 11.1. The van der Waals surface area contributed by atoms with E-state index in [2.05, 4.69) is 15.2 Å². The number of ether oxygens (including phenoxy) is 3. The summed E-state index contributed by atoms with van der Waals surface area (Å²) < 4.78 is 54.1. The second-order valence-electron chi connectivity index (χ2n) is 10.7. The minimum absolute atomic E-state index is 0.0580. The maximum Gasteiger partial charge on any atom is 0.405 e. The molecule has 2 aliphatic heterocycles. The number of amides is 2. The number of benzene rings is 1. The van der Waals surface area contributed by atoms with Crippen LogP contribution in [0, 0.1) is 0 Å². The summed E-state index contributed by atoms with van der Waals surface area (Å²) in [6.45, 7) is 2.66. The standard InChI is InChI=1S/C28H34ClF3N4O5/c1-27(2,41-22-8-5-18(29)12-23(22)40-11-10-39-3)26(38)35-19-13-20-6-7-21(14-19)36(20)24-9-4-17(15-33-24)25(37)34-16-28(30,31)32/h4-5,8-9,12,15,19-21H,6-7,10-11,13-14,16H2,1-3H3,(H,34,37)(H,35,38). The Bertz CT molecular complexity index is 1210. The first kappa shape index (κ1) is 30.7. The van der Waals surface area contributed by atoms with E-state index in [0.717, 1.165) is 12.8 Å². The van der Waals surface area contributed by atoms with Crippen molar-refractivity contribution in [3.8, 4) is 11.5 Å². The van der Waals surface area contributed by atoms with E-state index < -0.39 is 24.2 Å². The first-order valence-electron chi connectivity index (χ1n) is 13.4. The first-order valence-corrected chi connectivity index (χ1v) is 13.7. The van der Waals surface area contributed by atoms with Crippen molar-refractivity contribution in [1.29, 1.82) is 0 Å². The Morgan fingerprint density at radius 2 is 1.78 bits per heavy atom. The molecule has 2 saturated heterocycles. The summed E-state index contributed by atoms with van der Waals surface area (Å²) in [6.07, 6.45) is 0.0257. The molecule has 2 amide bonds. The summed E-state index contributed by atoms with van der Waals surface area (Å²) in [4.78, 5) is 31.9. The number of carbonyl (C=O) groups excluding carboxylic acids is 2. The van der Waals surface area contributed by atoms with Gasteiger partial charge in [-0.05, 0) is 63.8 Å². The highest BCUT2D eigenvalue weighted by atomic mass is 35.5. The molecule has 2 fully saturated rings. The zero-order valence-electron chi connectivity index (χ0n) is 23.1. The number of anilines is 1. The molecule has 1 aromatic carbocycles. The lowest BCUT2D eigenvalue weighted by molar-refractivity contribution is -0.135. The van der Waals surface area contributed by atoms with Crippen LogP contribution in [0.3, 0.4) is 0 Å². The van der Waals surface area contributed by atoms with E-state index in [0.29, 0.717) is 48.4 Å². The molecule has 2 aromatic rings. The van der Waals surface area contributed by atoms with Crippen LogP contribution in [0.2, 0.25) is 5.02 Å². The molecule has 2 N–H and O–H groups in total. The summed E-state index contributed by atoms with van der Waals surface area (Å²) in [7, 11) is 1.57. The van der Waals surface area contributed by atoms with Crippen LogP contribution in [0.5, 0.6) is 11.5 Å². The van der Waals surface area contributed by atoms with E-state index in [-0.39, 0.29) is 29.6 Å². The maximum absolute atomic E-state index is 13.3. The summed E-state index contributed by atoms with van der Waals surface area (Å²) in [5.74, 6) is 0.366. The van der Waals surface area contributed by atoms with Gasteiger partial charge in [-0.25, -0.2) is 4.98 Å². The number of hydrogen-bond donors (Lipinski definition) is 2. The quantitative estimate of drug-likeness (QED) is 0.367. The third kappa shape index (κ3) is 7.94. The van der Waals surface area contributed by atoms with Gasteiger partial charge >= 0.3 is 6.18 Å². The van der Waals surface area contributed by atoms with Gasteiger partial charge in [0, 0.05) is 42.5 Å². The fraction of sp³-hybridized carbons (Fsp3) is 0.536. The zero-order valence-corrected chi connectivity index (χ0v) is 23.8. The number of fused-ring (bicyclic) bond motifs is 2. The molecule has 0 radical (unpaired) electrons. The minimum atomic E-state index is -4.49. The number of aromatic nitrogens is 1.